The molecule has 0 atom stereocenters. The van der Waals surface area contributed by atoms with Crippen molar-refractivity contribution in [1.29, 1.82) is 0 Å². The molecular weight excluding hydrogens is 247 g/mol. The van der Waals surface area contributed by atoms with Crippen molar-refractivity contribution in [3.05, 3.63) is 46.7 Å². The number of aromatic nitrogens is 3. The summed E-state index contributed by atoms with van der Waals surface area (Å²) in [6.07, 6.45) is 0. The smallest absolute Gasteiger partial charge is 0.226 e. The third-order valence-electron chi connectivity index (χ3n) is 1.85. The van der Waals surface area contributed by atoms with Crippen LogP contribution in [-0.4, -0.2) is 15.0 Å². The molecule has 1 aromatic heterocycles. The van der Waals surface area contributed by atoms with Gasteiger partial charge in [0.15, 0.2) is 5.82 Å². The van der Waals surface area contributed by atoms with Crippen molar-refractivity contribution in [2.24, 2.45) is 0 Å². The van der Waals surface area contributed by atoms with Crippen LogP contribution in [0.15, 0.2) is 30.3 Å². The number of nitrogens with one attached hydrogen (secondary N) is 1. The summed E-state index contributed by atoms with van der Waals surface area (Å²) < 4.78 is 0. The Hall–Kier alpha value is -1.39. The molecule has 0 spiro atoms. The highest BCUT2D eigenvalue weighted by atomic mass is 35.5. The Morgan fingerprint density at radius 1 is 0.938 bits per heavy atom. The van der Waals surface area contributed by atoms with E-state index in [1.807, 2.05) is 30.3 Å². The second-order valence-corrected chi connectivity index (χ2v) is 3.69. The highest BCUT2D eigenvalue weighted by Crippen LogP contribution is 2.09. The Balaban J connectivity index is 2.05. The molecule has 82 valence electrons. The number of rotatable bonds is 3. The Kier molecular flexibility index (Phi) is 3.54. The lowest BCUT2D eigenvalue weighted by molar-refractivity contribution is 0.905. The number of benzene rings is 1. The van der Waals surface area contributed by atoms with E-state index in [0.717, 1.165) is 5.69 Å². The quantitative estimate of drug-likeness (QED) is 0.916. The zero-order chi connectivity index (χ0) is 11.4. The molecule has 2 rings (SSSR count). The largest absolute Gasteiger partial charge is 0.378 e. The van der Waals surface area contributed by atoms with Crippen LogP contribution in [0.3, 0.4) is 0 Å². The molecule has 6 heteroatoms. The molecule has 0 aliphatic carbocycles. The van der Waals surface area contributed by atoms with E-state index in [1.165, 1.54) is 0 Å². The van der Waals surface area contributed by atoms with Crippen LogP contribution in [0.5, 0.6) is 0 Å². The van der Waals surface area contributed by atoms with Crippen molar-refractivity contribution in [2.45, 2.75) is 6.54 Å². The summed E-state index contributed by atoms with van der Waals surface area (Å²) in [6.45, 7) is 0.450. The van der Waals surface area contributed by atoms with E-state index >= 15 is 0 Å². The van der Waals surface area contributed by atoms with Crippen LogP contribution in [0.25, 0.3) is 0 Å². The van der Waals surface area contributed by atoms with Crippen LogP contribution in [0.2, 0.25) is 10.6 Å². The first-order valence-electron chi connectivity index (χ1n) is 4.59. The maximum atomic E-state index is 5.66. The lowest BCUT2D eigenvalue weighted by Gasteiger charge is -2.04. The highest BCUT2D eigenvalue weighted by molar-refractivity contribution is 6.30. The van der Waals surface area contributed by atoms with E-state index in [2.05, 4.69) is 20.3 Å². The van der Waals surface area contributed by atoms with Crippen molar-refractivity contribution >= 4 is 28.9 Å². The standard InChI is InChI=1S/C10H8Cl2N4/c11-9-14-8(15-10(12)16-9)6-13-7-4-2-1-3-5-7/h1-5,13H,6H2. The van der Waals surface area contributed by atoms with Gasteiger partial charge in [0, 0.05) is 5.69 Å². The predicted octanol–water partition coefficient (Wildman–Crippen LogP) is 2.79. The highest BCUT2D eigenvalue weighted by Gasteiger charge is 2.02. The molecule has 0 saturated heterocycles. The number of anilines is 1. The molecule has 4 nitrogen and oxygen atoms in total. The monoisotopic (exact) mass is 254 g/mol. The summed E-state index contributed by atoms with van der Waals surface area (Å²) >= 11 is 11.3. The molecule has 0 bridgehead atoms. The first-order valence-corrected chi connectivity index (χ1v) is 5.34. The van der Waals surface area contributed by atoms with Crippen molar-refractivity contribution < 1.29 is 0 Å². The van der Waals surface area contributed by atoms with Crippen LogP contribution >= 0.6 is 23.2 Å². The van der Waals surface area contributed by atoms with Gasteiger partial charge in [-0.15, -0.1) is 0 Å². The van der Waals surface area contributed by atoms with Crippen molar-refractivity contribution in [3.63, 3.8) is 0 Å². The summed E-state index contributed by atoms with van der Waals surface area (Å²) in [6, 6.07) is 9.72. The van der Waals surface area contributed by atoms with Crippen LogP contribution in [0, 0.1) is 0 Å². The zero-order valence-electron chi connectivity index (χ0n) is 8.19. The van der Waals surface area contributed by atoms with Gasteiger partial charge in [-0.25, -0.2) is 9.97 Å². The average molecular weight is 255 g/mol. The Morgan fingerprint density at radius 2 is 1.56 bits per heavy atom. The van der Waals surface area contributed by atoms with E-state index in [9.17, 15) is 0 Å². The minimum Gasteiger partial charge on any atom is -0.378 e. The summed E-state index contributed by atoms with van der Waals surface area (Å²) in [7, 11) is 0. The van der Waals surface area contributed by atoms with Gasteiger partial charge in [0.05, 0.1) is 6.54 Å². The maximum absolute atomic E-state index is 5.66. The maximum Gasteiger partial charge on any atom is 0.226 e. The number of halogens is 2. The Labute approximate surface area is 103 Å². The van der Waals surface area contributed by atoms with Gasteiger partial charge in [0.25, 0.3) is 0 Å². The second kappa shape index (κ2) is 5.09. The van der Waals surface area contributed by atoms with E-state index in [1.54, 1.807) is 0 Å². The van der Waals surface area contributed by atoms with Gasteiger partial charge in [0.1, 0.15) is 0 Å². The molecule has 1 heterocycles. The average Bonchev–Trinajstić information content (AvgIpc) is 2.27. The molecule has 16 heavy (non-hydrogen) atoms. The topological polar surface area (TPSA) is 50.7 Å². The molecule has 0 aliphatic rings. The van der Waals surface area contributed by atoms with Gasteiger partial charge >= 0.3 is 0 Å². The Morgan fingerprint density at radius 3 is 2.19 bits per heavy atom. The fourth-order valence-corrected chi connectivity index (χ4v) is 1.58. The third-order valence-corrected chi connectivity index (χ3v) is 2.19. The molecular formula is C10H8Cl2N4. The summed E-state index contributed by atoms with van der Waals surface area (Å²) in [5.74, 6) is 0.508. The molecule has 0 saturated carbocycles. The van der Waals surface area contributed by atoms with Crippen molar-refractivity contribution in [1.82, 2.24) is 15.0 Å². The summed E-state index contributed by atoms with van der Waals surface area (Å²) in [4.78, 5) is 11.6. The lowest BCUT2D eigenvalue weighted by Crippen LogP contribution is -2.05. The fourth-order valence-electron chi connectivity index (χ4n) is 1.18. The van der Waals surface area contributed by atoms with Crippen molar-refractivity contribution in [3.8, 4) is 0 Å². The minimum absolute atomic E-state index is 0.102. The van der Waals surface area contributed by atoms with Crippen LogP contribution in [0.1, 0.15) is 5.82 Å². The van der Waals surface area contributed by atoms with Crippen LogP contribution < -0.4 is 5.32 Å². The van der Waals surface area contributed by atoms with Crippen LogP contribution in [-0.2, 0) is 6.54 Å². The van der Waals surface area contributed by atoms with E-state index in [4.69, 9.17) is 23.2 Å². The number of hydrogen-bond acceptors (Lipinski definition) is 4. The van der Waals surface area contributed by atoms with Gasteiger partial charge < -0.3 is 5.32 Å². The Bertz CT molecular complexity index is 455. The lowest BCUT2D eigenvalue weighted by atomic mass is 10.3. The minimum atomic E-state index is 0.102. The SMILES string of the molecule is Clc1nc(Cl)nc(CNc2ccccc2)n1. The first kappa shape index (κ1) is 11.1. The van der Waals surface area contributed by atoms with Gasteiger partial charge in [-0.05, 0) is 35.3 Å². The molecule has 1 aromatic carbocycles. The van der Waals surface area contributed by atoms with Crippen molar-refractivity contribution in [2.75, 3.05) is 5.32 Å². The molecule has 0 radical (unpaired) electrons. The van der Waals surface area contributed by atoms with E-state index < -0.39 is 0 Å². The summed E-state index contributed by atoms with van der Waals surface area (Å²) in [5.41, 5.74) is 0.982. The van der Waals surface area contributed by atoms with E-state index in [-0.39, 0.29) is 10.6 Å². The number of hydrogen-bond donors (Lipinski definition) is 1. The molecule has 0 aliphatic heterocycles. The van der Waals surface area contributed by atoms with Gasteiger partial charge in [0.2, 0.25) is 10.6 Å². The van der Waals surface area contributed by atoms with Gasteiger partial charge in [-0.2, -0.15) is 4.98 Å². The summed E-state index contributed by atoms with van der Waals surface area (Å²) in [5, 5.41) is 3.35. The van der Waals surface area contributed by atoms with Gasteiger partial charge in [-0.3, -0.25) is 0 Å². The number of nitrogens with zero attached hydrogens (tertiary/aromatic N) is 3. The fraction of sp³-hybridized carbons (Fsp3) is 0.100. The molecule has 0 fully saturated rings. The molecule has 0 unspecified atom stereocenters. The zero-order valence-corrected chi connectivity index (χ0v) is 9.70. The van der Waals surface area contributed by atoms with Crippen LogP contribution in [0.4, 0.5) is 5.69 Å². The number of para-hydroxylation sites is 1. The van der Waals surface area contributed by atoms with E-state index in [0.29, 0.717) is 12.4 Å². The molecule has 2 aromatic rings. The third kappa shape index (κ3) is 3.05. The normalized spacial score (nSPS) is 10.1. The second-order valence-electron chi connectivity index (χ2n) is 3.01. The molecule has 1 N–H and O–H groups in total. The van der Waals surface area contributed by atoms with Gasteiger partial charge in [-0.1, -0.05) is 18.2 Å². The predicted molar refractivity (Wildman–Crippen MR) is 63.6 cm³/mol. The molecule has 0 amide bonds. The first-order chi connectivity index (χ1) is 7.74.